The molecule has 1 amide bonds. The lowest BCUT2D eigenvalue weighted by atomic mass is 10.0. The molecule has 0 saturated carbocycles. The number of amides is 1. The summed E-state index contributed by atoms with van der Waals surface area (Å²) in [6.07, 6.45) is 6.47. The Bertz CT molecular complexity index is 705. The second kappa shape index (κ2) is 5.68. The zero-order chi connectivity index (χ0) is 15.8. The van der Waals surface area contributed by atoms with Crippen LogP contribution in [0.25, 0.3) is 0 Å². The first-order valence-electron chi connectivity index (χ1n) is 8.13. The monoisotopic (exact) mass is 312 g/mol. The zero-order valence-electron chi connectivity index (χ0n) is 13.2. The molecule has 6 nitrogen and oxygen atoms in total. The molecule has 2 aromatic rings. The number of likely N-dealkylation sites (tertiary alicyclic amines) is 1. The Labute approximate surface area is 135 Å². The molecule has 6 heteroatoms. The van der Waals surface area contributed by atoms with Crippen LogP contribution in [0.15, 0.2) is 30.9 Å². The standard InChI is InChI=1S/C17H20N4O2/c1-12-8-14-9-13(2-3-16(14)23-12)17(22)20-6-4-15(5-7-20)21-10-18-19-11-21/h2-3,9-12,15H,4-8H2,1H3. The third kappa shape index (κ3) is 2.69. The largest absolute Gasteiger partial charge is 0.490 e. The fourth-order valence-corrected chi connectivity index (χ4v) is 3.50. The maximum absolute atomic E-state index is 12.7. The molecule has 1 unspecified atom stereocenters. The zero-order valence-corrected chi connectivity index (χ0v) is 13.2. The van der Waals surface area contributed by atoms with Crippen LogP contribution < -0.4 is 4.74 Å². The number of rotatable bonds is 2. The van der Waals surface area contributed by atoms with Crippen molar-refractivity contribution in [3.63, 3.8) is 0 Å². The van der Waals surface area contributed by atoms with Crippen LogP contribution in [0.2, 0.25) is 0 Å². The molecule has 0 radical (unpaired) electrons. The Hall–Kier alpha value is -2.37. The van der Waals surface area contributed by atoms with E-state index < -0.39 is 0 Å². The normalized spacial score (nSPS) is 21.1. The molecule has 2 aliphatic heterocycles. The van der Waals surface area contributed by atoms with E-state index in [4.69, 9.17) is 4.74 Å². The van der Waals surface area contributed by atoms with Crippen LogP contribution in [0.1, 0.15) is 41.7 Å². The SMILES string of the molecule is CC1Cc2cc(C(=O)N3CCC(n4cnnc4)CC3)ccc2O1. The van der Waals surface area contributed by atoms with Crippen molar-refractivity contribution in [3.05, 3.63) is 42.0 Å². The molecule has 0 bridgehead atoms. The Kier molecular flexibility index (Phi) is 3.52. The molecule has 120 valence electrons. The van der Waals surface area contributed by atoms with Crippen molar-refractivity contribution in [3.8, 4) is 5.75 Å². The smallest absolute Gasteiger partial charge is 0.253 e. The van der Waals surface area contributed by atoms with Gasteiger partial charge in [0.05, 0.1) is 0 Å². The summed E-state index contributed by atoms with van der Waals surface area (Å²) in [5.41, 5.74) is 1.91. The highest BCUT2D eigenvalue weighted by Gasteiger charge is 2.26. The molecular weight excluding hydrogens is 292 g/mol. The topological polar surface area (TPSA) is 60.2 Å². The average molecular weight is 312 g/mol. The van der Waals surface area contributed by atoms with E-state index in [0.29, 0.717) is 6.04 Å². The highest BCUT2D eigenvalue weighted by molar-refractivity contribution is 5.94. The summed E-state index contributed by atoms with van der Waals surface area (Å²) in [5.74, 6) is 1.04. The lowest BCUT2D eigenvalue weighted by molar-refractivity contribution is 0.0694. The molecule has 1 aromatic carbocycles. The van der Waals surface area contributed by atoms with Gasteiger partial charge in [-0.2, -0.15) is 0 Å². The van der Waals surface area contributed by atoms with Gasteiger partial charge in [0, 0.05) is 31.1 Å². The second-order valence-corrected chi connectivity index (χ2v) is 6.39. The van der Waals surface area contributed by atoms with Crippen molar-refractivity contribution in [2.24, 2.45) is 0 Å². The van der Waals surface area contributed by atoms with Gasteiger partial charge in [0.1, 0.15) is 24.5 Å². The van der Waals surface area contributed by atoms with E-state index in [9.17, 15) is 4.79 Å². The van der Waals surface area contributed by atoms with Gasteiger partial charge in [-0.3, -0.25) is 4.79 Å². The Morgan fingerprint density at radius 3 is 2.70 bits per heavy atom. The minimum absolute atomic E-state index is 0.120. The van der Waals surface area contributed by atoms with Crippen LogP contribution in [0.3, 0.4) is 0 Å². The summed E-state index contributed by atoms with van der Waals surface area (Å²) in [6, 6.07) is 6.19. The van der Waals surface area contributed by atoms with Crippen molar-refractivity contribution in [2.75, 3.05) is 13.1 Å². The van der Waals surface area contributed by atoms with Gasteiger partial charge >= 0.3 is 0 Å². The molecule has 2 aliphatic rings. The fraction of sp³-hybridized carbons (Fsp3) is 0.471. The summed E-state index contributed by atoms with van der Waals surface area (Å²) in [7, 11) is 0. The van der Waals surface area contributed by atoms with E-state index >= 15 is 0 Å². The Balaban J connectivity index is 1.43. The molecule has 1 fully saturated rings. The highest BCUT2D eigenvalue weighted by atomic mass is 16.5. The molecule has 4 rings (SSSR count). The van der Waals surface area contributed by atoms with Crippen LogP contribution in [-0.4, -0.2) is 44.8 Å². The number of ether oxygens (including phenoxy) is 1. The molecule has 1 aromatic heterocycles. The van der Waals surface area contributed by atoms with Crippen LogP contribution in [0, 0.1) is 0 Å². The van der Waals surface area contributed by atoms with E-state index in [-0.39, 0.29) is 12.0 Å². The summed E-state index contributed by atoms with van der Waals surface area (Å²) in [5, 5.41) is 7.72. The molecule has 3 heterocycles. The quantitative estimate of drug-likeness (QED) is 0.852. The van der Waals surface area contributed by atoms with E-state index in [0.717, 1.165) is 49.2 Å². The van der Waals surface area contributed by atoms with Crippen molar-refractivity contribution in [1.82, 2.24) is 19.7 Å². The van der Waals surface area contributed by atoms with Gasteiger partial charge in [-0.15, -0.1) is 10.2 Å². The van der Waals surface area contributed by atoms with Crippen LogP contribution in [-0.2, 0) is 6.42 Å². The first-order valence-corrected chi connectivity index (χ1v) is 8.13. The van der Waals surface area contributed by atoms with Gasteiger partial charge in [0.2, 0.25) is 0 Å². The number of nitrogens with zero attached hydrogens (tertiary/aromatic N) is 4. The van der Waals surface area contributed by atoms with Gasteiger partial charge < -0.3 is 14.2 Å². The van der Waals surface area contributed by atoms with E-state index in [1.54, 1.807) is 12.7 Å². The van der Waals surface area contributed by atoms with E-state index in [1.165, 1.54) is 0 Å². The average Bonchev–Trinajstić information content (AvgIpc) is 3.22. The van der Waals surface area contributed by atoms with Gasteiger partial charge in [-0.25, -0.2) is 0 Å². The predicted molar refractivity (Wildman–Crippen MR) is 84.4 cm³/mol. The first-order chi connectivity index (χ1) is 11.2. The van der Waals surface area contributed by atoms with Gasteiger partial charge in [-0.05, 0) is 43.5 Å². The maximum Gasteiger partial charge on any atom is 0.253 e. The fourth-order valence-electron chi connectivity index (χ4n) is 3.50. The Morgan fingerprint density at radius 1 is 1.22 bits per heavy atom. The van der Waals surface area contributed by atoms with Crippen LogP contribution in [0.5, 0.6) is 5.75 Å². The summed E-state index contributed by atoms with van der Waals surface area (Å²) < 4.78 is 7.74. The van der Waals surface area contributed by atoms with Gasteiger partial charge in [0.15, 0.2) is 0 Å². The molecular formula is C17H20N4O2. The summed E-state index contributed by atoms with van der Waals surface area (Å²) in [6.45, 7) is 3.59. The van der Waals surface area contributed by atoms with Crippen LogP contribution >= 0.6 is 0 Å². The van der Waals surface area contributed by atoms with E-state index in [2.05, 4.69) is 17.1 Å². The number of benzene rings is 1. The molecule has 1 atom stereocenters. The number of hydrogen-bond acceptors (Lipinski definition) is 4. The summed E-state index contributed by atoms with van der Waals surface area (Å²) >= 11 is 0. The lowest BCUT2D eigenvalue weighted by Crippen LogP contribution is -2.38. The molecule has 23 heavy (non-hydrogen) atoms. The minimum atomic E-state index is 0.120. The second-order valence-electron chi connectivity index (χ2n) is 6.39. The van der Waals surface area contributed by atoms with Crippen molar-refractivity contribution in [2.45, 2.75) is 38.3 Å². The highest BCUT2D eigenvalue weighted by Crippen LogP contribution is 2.30. The Morgan fingerprint density at radius 2 is 1.96 bits per heavy atom. The lowest BCUT2D eigenvalue weighted by Gasteiger charge is -2.32. The van der Waals surface area contributed by atoms with Crippen LogP contribution in [0.4, 0.5) is 0 Å². The minimum Gasteiger partial charge on any atom is -0.490 e. The third-order valence-electron chi connectivity index (χ3n) is 4.75. The number of piperidine rings is 1. The number of aromatic nitrogens is 3. The molecule has 0 spiro atoms. The van der Waals surface area contributed by atoms with Gasteiger partial charge in [0.25, 0.3) is 5.91 Å². The maximum atomic E-state index is 12.7. The number of fused-ring (bicyclic) bond motifs is 1. The first kappa shape index (κ1) is 14.2. The van der Waals surface area contributed by atoms with Gasteiger partial charge in [-0.1, -0.05) is 0 Å². The summed E-state index contributed by atoms with van der Waals surface area (Å²) in [4.78, 5) is 14.7. The number of carbonyl (C=O) groups is 1. The van der Waals surface area contributed by atoms with E-state index in [1.807, 2.05) is 27.7 Å². The molecule has 0 N–H and O–H groups in total. The van der Waals surface area contributed by atoms with Crippen molar-refractivity contribution < 1.29 is 9.53 Å². The van der Waals surface area contributed by atoms with Crippen molar-refractivity contribution in [1.29, 1.82) is 0 Å². The number of hydrogen-bond donors (Lipinski definition) is 0. The molecule has 1 saturated heterocycles. The molecule has 0 aliphatic carbocycles. The van der Waals surface area contributed by atoms with Crippen molar-refractivity contribution >= 4 is 5.91 Å². The third-order valence-corrected chi connectivity index (χ3v) is 4.75. The predicted octanol–water partition coefficient (Wildman–Crippen LogP) is 2.08. The number of carbonyl (C=O) groups excluding carboxylic acids is 1.